The van der Waals surface area contributed by atoms with E-state index in [0.717, 1.165) is 25.7 Å². The fourth-order valence-electron chi connectivity index (χ4n) is 2.13. The van der Waals surface area contributed by atoms with Gasteiger partial charge < -0.3 is 9.47 Å². The van der Waals surface area contributed by atoms with Crippen LogP contribution in [0.5, 0.6) is 11.5 Å². The summed E-state index contributed by atoms with van der Waals surface area (Å²) < 4.78 is 11.0. The quantitative estimate of drug-likeness (QED) is 0.500. The van der Waals surface area contributed by atoms with E-state index in [9.17, 15) is 9.59 Å². The standard InChI is InChI=1S/C19H30N2O4/c1-5-6-7-8-18(22)20-21-19(23)15-9-10-16(17(13-15)24-4)25-12-11-14(2)3/h9-10,13-14H,5-8,11-12H2,1-4H3,(H,20,22)(H,21,23). The van der Waals surface area contributed by atoms with Crippen LogP contribution in [0.4, 0.5) is 0 Å². The van der Waals surface area contributed by atoms with Crippen molar-refractivity contribution in [1.82, 2.24) is 10.9 Å². The molecule has 0 saturated carbocycles. The summed E-state index contributed by atoms with van der Waals surface area (Å²) >= 11 is 0. The van der Waals surface area contributed by atoms with E-state index in [1.54, 1.807) is 18.2 Å². The van der Waals surface area contributed by atoms with Crippen LogP contribution in [-0.2, 0) is 4.79 Å². The summed E-state index contributed by atoms with van der Waals surface area (Å²) in [5.74, 6) is 1.06. The third-order valence-corrected chi connectivity index (χ3v) is 3.70. The van der Waals surface area contributed by atoms with Crippen LogP contribution in [0.2, 0.25) is 0 Å². The van der Waals surface area contributed by atoms with Gasteiger partial charge in [-0.15, -0.1) is 0 Å². The first kappa shape index (κ1) is 20.8. The topological polar surface area (TPSA) is 76.7 Å². The maximum atomic E-state index is 12.1. The largest absolute Gasteiger partial charge is 0.493 e. The first-order chi connectivity index (χ1) is 12.0. The molecule has 0 spiro atoms. The average molecular weight is 350 g/mol. The molecule has 25 heavy (non-hydrogen) atoms. The van der Waals surface area contributed by atoms with Gasteiger partial charge in [-0.25, -0.2) is 0 Å². The second kappa shape index (κ2) is 11.3. The van der Waals surface area contributed by atoms with Crippen molar-refractivity contribution in [2.24, 2.45) is 5.92 Å². The Morgan fingerprint density at radius 1 is 1.12 bits per heavy atom. The number of hydrazine groups is 1. The smallest absolute Gasteiger partial charge is 0.269 e. The predicted octanol–water partition coefficient (Wildman–Crippen LogP) is 3.46. The first-order valence-corrected chi connectivity index (χ1v) is 8.88. The van der Waals surface area contributed by atoms with Gasteiger partial charge in [-0.1, -0.05) is 33.6 Å². The second-order valence-electron chi connectivity index (χ2n) is 6.36. The SMILES string of the molecule is CCCCCC(=O)NNC(=O)c1ccc(OCCC(C)C)c(OC)c1. The molecule has 6 nitrogen and oxygen atoms in total. The summed E-state index contributed by atoms with van der Waals surface area (Å²) in [6.45, 7) is 6.92. The average Bonchev–Trinajstić information content (AvgIpc) is 2.59. The predicted molar refractivity (Wildman–Crippen MR) is 97.7 cm³/mol. The molecule has 0 unspecified atom stereocenters. The van der Waals surface area contributed by atoms with E-state index in [-0.39, 0.29) is 5.91 Å². The summed E-state index contributed by atoms with van der Waals surface area (Å²) in [5.41, 5.74) is 5.24. The molecular formula is C19H30N2O4. The summed E-state index contributed by atoms with van der Waals surface area (Å²) in [6.07, 6.45) is 4.20. The Labute approximate surface area is 150 Å². The van der Waals surface area contributed by atoms with E-state index in [1.165, 1.54) is 7.11 Å². The maximum absolute atomic E-state index is 12.1. The van der Waals surface area contributed by atoms with Crippen molar-refractivity contribution < 1.29 is 19.1 Å². The molecule has 1 aromatic carbocycles. The number of hydrogen-bond donors (Lipinski definition) is 2. The molecule has 0 aliphatic heterocycles. The Bertz CT molecular complexity index is 558. The van der Waals surface area contributed by atoms with Crippen LogP contribution in [-0.4, -0.2) is 25.5 Å². The molecular weight excluding hydrogens is 320 g/mol. The number of nitrogens with one attached hydrogen (secondary N) is 2. The van der Waals surface area contributed by atoms with E-state index >= 15 is 0 Å². The molecule has 2 N–H and O–H groups in total. The van der Waals surface area contributed by atoms with Gasteiger partial charge in [0.05, 0.1) is 13.7 Å². The Balaban J connectivity index is 2.57. The molecule has 0 fully saturated rings. The van der Waals surface area contributed by atoms with Gasteiger partial charge in [0.1, 0.15) is 0 Å². The minimum Gasteiger partial charge on any atom is -0.493 e. The Kier molecular flexibility index (Phi) is 9.43. The monoisotopic (exact) mass is 350 g/mol. The molecule has 2 amide bonds. The van der Waals surface area contributed by atoms with Crippen molar-refractivity contribution >= 4 is 11.8 Å². The van der Waals surface area contributed by atoms with Crippen molar-refractivity contribution in [3.8, 4) is 11.5 Å². The lowest BCUT2D eigenvalue weighted by atomic mass is 10.1. The first-order valence-electron chi connectivity index (χ1n) is 8.88. The Morgan fingerprint density at radius 2 is 1.88 bits per heavy atom. The van der Waals surface area contributed by atoms with E-state index < -0.39 is 5.91 Å². The molecule has 0 aliphatic carbocycles. The van der Waals surface area contributed by atoms with Crippen LogP contribution in [0.15, 0.2) is 18.2 Å². The molecule has 140 valence electrons. The van der Waals surface area contributed by atoms with Gasteiger partial charge in [-0.3, -0.25) is 20.4 Å². The van der Waals surface area contributed by atoms with E-state index in [4.69, 9.17) is 9.47 Å². The highest BCUT2D eigenvalue weighted by Gasteiger charge is 2.12. The summed E-state index contributed by atoms with van der Waals surface area (Å²) in [4.78, 5) is 23.8. The summed E-state index contributed by atoms with van der Waals surface area (Å²) in [5, 5.41) is 0. The van der Waals surface area contributed by atoms with Crippen LogP contribution in [0.3, 0.4) is 0 Å². The number of rotatable bonds is 10. The molecule has 0 atom stereocenters. The normalized spacial score (nSPS) is 10.4. The van der Waals surface area contributed by atoms with Gasteiger partial charge >= 0.3 is 0 Å². The van der Waals surface area contributed by atoms with Crippen molar-refractivity contribution in [1.29, 1.82) is 0 Å². The molecule has 0 heterocycles. The Morgan fingerprint density at radius 3 is 2.52 bits per heavy atom. The van der Waals surface area contributed by atoms with Crippen molar-refractivity contribution in [3.63, 3.8) is 0 Å². The van der Waals surface area contributed by atoms with Crippen molar-refractivity contribution in [2.75, 3.05) is 13.7 Å². The number of carbonyl (C=O) groups is 2. The van der Waals surface area contributed by atoms with Gasteiger partial charge in [-0.2, -0.15) is 0 Å². The second-order valence-corrected chi connectivity index (χ2v) is 6.36. The zero-order valence-electron chi connectivity index (χ0n) is 15.7. The zero-order valence-corrected chi connectivity index (χ0v) is 15.7. The van der Waals surface area contributed by atoms with Crippen molar-refractivity contribution in [2.45, 2.75) is 52.9 Å². The van der Waals surface area contributed by atoms with E-state index in [1.807, 2.05) is 0 Å². The molecule has 0 aromatic heterocycles. The Hall–Kier alpha value is -2.24. The highest BCUT2D eigenvalue weighted by Crippen LogP contribution is 2.28. The van der Waals surface area contributed by atoms with Gasteiger partial charge in [0.25, 0.3) is 5.91 Å². The summed E-state index contributed by atoms with van der Waals surface area (Å²) in [6, 6.07) is 4.95. The number of carbonyl (C=O) groups excluding carboxylic acids is 2. The molecule has 1 aromatic rings. The van der Waals surface area contributed by atoms with Crippen LogP contribution in [0.1, 0.15) is 63.2 Å². The minimum absolute atomic E-state index is 0.192. The fraction of sp³-hybridized carbons (Fsp3) is 0.579. The lowest BCUT2D eigenvalue weighted by Crippen LogP contribution is -2.41. The van der Waals surface area contributed by atoms with Crippen LogP contribution >= 0.6 is 0 Å². The molecule has 0 radical (unpaired) electrons. The van der Waals surface area contributed by atoms with Crippen LogP contribution < -0.4 is 20.3 Å². The minimum atomic E-state index is -0.393. The third kappa shape index (κ3) is 7.92. The van der Waals surface area contributed by atoms with Gasteiger partial charge in [-0.05, 0) is 37.0 Å². The zero-order chi connectivity index (χ0) is 18.7. The van der Waals surface area contributed by atoms with Crippen LogP contribution in [0.25, 0.3) is 0 Å². The van der Waals surface area contributed by atoms with E-state index in [2.05, 4.69) is 31.6 Å². The number of hydrogen-bond acceptors (Lipinski definition) is 4. The maximum Gasteiger partial charge on any atom is 0.269 e. The van der Waals surface area contributed by atoms with Crippen LogP contribution in [0, 0.1) is 5.92 Å². The number of amides is 2. The van der Waals surface area contributed by atoms with Gasteiger partial charge in [0, 0.05) is 12.0 Å². The molecule has 6 heteroatoms. The third-order valence-electron chi connectivity index (χ3n) is 3.70. The molecule has 0 bridgehead atoms. The number of benzene rings is 1. The molecule has 1 rings (SSSR count). The highest BCUT2D eigenvalue weighted by molar-refractivity contribution is 5.96. The number of ether oxygens (including phenoxy) is 2. The summed E-state index contributed by atoms with van der Waals surface area (Å²) in [7, 11) is 1.53. The lowest BCUT2D eigenvalue weighted by Gasteiger charge is -2.13. The number of unbranched alkanes of at least 4 members (excludes halogenated alkanes) is 2. The van der Waals surface area contributed by atoms with E-state index in [0.29, 0.717) is 36.0 Å². The van der Waals surface area contributed by atoms with Gasteiger partial charge in [0.15, 0.2) is 11.5 Å². The fourth-order valence-corrected chi connectivity index (χ4v) is 2.13. The van der Waals surface area contributed by atoms with Gasteiger partial charge in [0.2, 0.25) is 5.91 Å². The molecule has 0 aliphatic rings. The lowest BCUT2D eigenvalue weighted by molar-refractivity contribution is -0.121. The highest BCUT2D eigenvalue weighted by atomic mass is 16.5. The molecule has 0 saturated heterocycles. The van der Waals surface area contributed by atoms with Crippen molar-refractivity contribution in [3.05, 3.63) is 23.8 Å². The number of methoxy groups -OCH3 is 1.